The zero-order valence-corrected chi connectivity index (χ0v) is 12.4. The molecule has 1 amide bonds. The molecular formula is C15H27NO3. The van der Waals surface area contributed by atoms with Crippen LogP contribution in [0, 0.1) is 0 Å². The molecule has 2 rings (SSSR count). The highest BCUT2D eigenvalue weighted by atomic mass is 16.6. The molecule has 1 N–H and O–H groups in total. The number of ether oxygens (including phenoxy) is 1. The summed E-state index contributed by atoms with van der Waals surface area (Å²) in [7, 11) is 0. The lowest BCUT2D eigenvalue weighted by Gasteiger charge is -2.38. The summed E-state index contributed by atoms with van der Waals surface area (Å²) in [5.74, 6) is 0. The van der Waals surface area contributed by atoms with Crippen LogP contribution in [0.3, 0.4) is 0 Å². The van der Waals surface area contributed by atoms with E-state index in [9.17, 15) is 9.90 Å². The van der Waals surface area contributed by atoms with Crippen LogP contribution in [0.4, 0.5) is 4.79 Å². The molecule has 1 spiro atoms. The summed E-state index contributed by atoms with van der Waals surface area (Å²) in [5.41, 5.74) is -0.630. The minimum atomic E-state index is -0.476. The molecule has 110 valence electrons. The van der Waals surface area contributed by atoms with Crippen molar-refractivity contribution in [1.82, 2.24) is 4.90 Å². The molecule has 1 saturated heterocycles. The van der Waals surface area contributed by atoms with E-state index in [1.165, 1.54) is 12.8 Å². The number of likely N-dealkylation sites (tertiary alicyclic amines) is 1. The van der Waals surface area contributed by atoms with Gasteiger partial charge in [0.05, 0.1) is 12.6 Å². The number of β-amino-alcohol motifs (C(OH)–C–C–N with tert-alkyl or cyclic N) is 1. The van der Waals surface area contributed by atoms with E-state index in [1.807, 2.05) is 25.7 Å². The van der Waals surface area contributed by atoms with Gasteiger partial charge in [0.15, 0.2) is 0 Å². The van der Waals surface area contributed by atoms with Gasteiger partial charge in [0.2, 0.25) is 0 Å². The number of rotatable bonds is 0. The summed E-state index contributed by atoms with van der Waals surface area (Å²) >= 11 is 0. The van der Waals surface area contributed by atoms with Crippen molar-refractivity contribution in [1.29, 1.82) is 0 Å². The molecule has 2 fully saturated rings. The van der Waals surface area contributed by atoms with Crippen LogP contribution >= 0.6 is 0 Å². The Morgan fingerprint density at radius 1 is 1.21 bits per heavy atom. The van der Waals surface area contributed by atoms with Gasteiger partial charge in [-0.15, -0.1) is 0 Å². The van der Waals surface area contributed by atoms with Gasteiger partial charge in [-0.25, -0.2) is 4.79 Å². The SMILES string of the molecule is CC(C)(C)OC(=O)N1CC(O)CC12CCCCCC2. The Balaban J connectivity index is 2.14. The first-order valence-corrected chi connectivity index (χ1v) is 7.51. The highest BCUT2D eigenvalue weighted by Gasteiger charge is 2.48. The number of aliphatic hydroxyl groups excluding tert-OH is 1. The maximum absolute atomic E-state index is 12.4. The van der Waals surface area contributed by atoms with Crippen molar-refractivity contribution >= 4 is 6.09 Å². The first-order valence-electron chi connectivity index (χ1n) is 7.51. The van der Waals surface area contributed by atoms with Crippen LogP contribution in [0.1, 0.15) is 65.7 Å². The topological polar surface area (TPSA) is 49.8 Å². The highest BCUT2D eigenvalue weighted by Crippen LogP contribution is 2.41. The lowest BCUT2D eigenvalue weighted by Crippen LogP contribution is -2.48. The quantitative estimate of drug-likeness (QED) is 0.735. The van der Waals surface area contributed by atoms with Crippen molar-refractivity contribution < 1.29 is 14.6 Å². The van der Waals surface area contributed by atoms with Crippen molar-refractivity contribution in [3.05, 3.63) is 0 Å². The van der Waals surface area contributed by atoms with E-state index in [-0.39, 0.29) is 11.6 Å². The molecule has 0 radical (unpaired) electrons. The summed E-state index contributed by atoms with van der Waals surface area (Å²) < 4.78 is 5.51. The molecule has 0 aromatic carbocycles. The Hall–Kier alpha value is -0.770. The number of aliphatic hydroxyl groups is 1. The Morgan fingerprint density at radius 3 is 2.32 bits per heavy atom. The van der Waals surface area contributed by atoms with Crippen molar-refractivity contribution in [2.75, 3.05) is 6.54 Å². The van der Waals surface area contributed by atoms with E-state index in [1.54, 1.807) is 0 Å². The summed E-state index contributed by atoms with van der Waals surface area (Å²) in [6, 6.07) is 0. The Labute approximate surface area is 116 Å². The molecule has 1 saturated carbocycles. The summed E-state index contributed by atoms with van der Waals surface area (Å²) in [6.45, 7) is 6.08. The third-order valence-corrected chi connectivity index (χ3v) is 4.23. The molecule has 4 heteroatoms. The monoisotopic (exact) mass is 269 g/mol. The smallest absolute Gasteiger partial charge is 0.410 e. The van der Waals surface area contributed by atoms with Crippen LogP contribution in [0.15, 0.2) is 0 Å². The minimum Gasteiger partial charge on any atom is -0.444 e. The van der Waals surface area contributed by atoms with Crippen LogP contribution < -0.4 is 0 Å². The van der Waals surface area contributed by atoms with E-state index in [0.29, 0.717) is 13.0 Å². The molecule has 0 bridgehead atoms. The Bertz CT molecular complexity index is 327. The van der Waals surface area contributed by atoms with E-state index in [4.69, 9.17) is 4.74 Å². The first kappa shape index (κ1) is 14.6. The van der Waals surface area contributed by atoms with Crippen molar-refractivity contribution in [2.24, 2.45) is 0 Å². The predicted octanol–water partition coefficient (Wildman–Crippen LogP) is 3.08. The summed E-state index contributed by atoms with van der Waals surface area (Å²) in [4.78, 5) is 14.2. The number of carbonyl (C=O) groups excluding carboxylic acids is 1. The van der Waals surface area contributed by atoms with E-state index >= 15 is 0 Å². The second-order valence-corrected chi connectivity index (χ2v) is 7.09. The normalized spacial score (nSPS) is 27.4. The van der Waals surface area contributed by atoms with Gasteiger partial charge in [-0.2, -0.15) is 0 Å². The Kier molecular flexibility index (Phi) is 4.09. The molecule has 0 aromatic rings. The second-order valence-electron chi connectivity index (χ2n) is 7.09. The summed E-state index contributed by atoms with van der Waals surface area (Å²) in [5, 5.41) is 10.0. The number of amides is 1. The van der Waals surface area contributed by atoms with Gasteiger partial charge in [0.1, 0.15) is 5.60 Å². The zero-order valence-electron chi connectivity index (χ0n) is 12.4. The fourth-order valence-corrected chi connectivity index (χ4v) is 3.46. The molecule has 1 unspecified atom stereocenters. The van der Waals surface area contributed by atoms with Gasteiger partial charge in [-0.05, 0) is 40.0 Å². The van der Waals surface area contributed by atoms with Crippen LogP contribution in [-0.4, -0.2) is 39.9 Å². The van der Waals surface area contributed by atoms with Gasteiger partial charge < -0.3 is 9.84 Å². The van der Waals surface area contributed by atoms with Crippen LogP contribution in [0.5, 0.6) is 0 Å². The minimum absolute atomic E-state index is 0.155. The Morgan fingerprint density at radius 2 is 1.79 bits per heavy atom. The van der Waals surface area contributed by atoms with Crippen LogP contribution in [-0.2, 0) is 4.74 Å². The van der Waals surface area contributed by atoms with Gasteiger partial charge in [-0.1, -0.05) is 25.7 Å². The number of carbonyl (C=O) groups is 1. The van der Waals surface area contributed by atoms with Crippen molar-refractivity contribution in [2.45, 2.75) is 83.0 Å². The maximum atomic E-state index is 12.4. The van der Waals surface area contributed by atoms with Gasteiger partial charge in [0.25, 0.3) is 0 Å². The molecule has 4 nitrogen and oxygen atoms in total. The number of nitrogens with zero attached hydrogens (tertiary/aromatic N) is 1. The number of hydrogen-bond acceptors (Lipinski definition) is 3. The standard InChI is InChI=1S/C15H27NO3/c1-14(2,3)19-13(18)16-11-12(17)10-15(16)8-6-4-5-7-9-15/h12,17H,4-11H2,1-3H3. The molecular weight excluding hydrogens is 242 g/mol. The fourth-order valence-electron chi connectivity index (χ4n) is 3.46. The van der Waals surface area contributed by atoms with Crippen molar-refractivity contribution in [3.8, 4) is 0 Å². The van der Waals surface area contributed by atoms with Crippen molar-refractivity contribution in [3.63, 3.8) is 0 Å². The maximum Gasteiger partial charge on any atom is 0.410 e. The van der Waals surface area contributed by atoms with Crippen LogP contribution in [0.25, 0.3) is 0 Å². The molecule has 19 heavy (non-hydrogen) atoms. The molecule has 1 aliphatic heterocycles. The average Bonchev–Trinajstić information content (AvgIpc) is 2.44. The molecule has 1 atom stereocenters. The predicted molar refractivity (Wildman–Crippen MR) is 74.0 cm³/mol. The molecule has 1 heterocycles. The lowest BCUT2D eigenvalue weighted by atomic mass is 9.87. The molecule has 0 aromatic heterocycles. The van der Waals surface area contributed by atoms with E-state index in [2.05, 4.69) is 0 Å². The largest absolute Gasteiger partial charge is 0.444 e. The third kappa shape index (κ3) is 3.41. The highest BCUT2D eigenvalue weighted by molar-refractivity contribution is 5.70. The second kappa shape index (κ2) is 5.31. The first-order chi connectivity index (χ1) is 8.82. The van der Waals surface area contributed by atoms with E-state index < -0.39 is 11.7 Å². The van der Waals surface area contributed by atoms with Crippen LogP contribution in [0.2, 0.25) is 0 Å². The van der Waals surface area contributed by atoms with E-state index in [0.717, 1.165) is 25.7 Å². The molecule has 2 aliphatic rings. The summed E-state index contributed by atoms with van der Waals surface area (Å²) in [6.07, 6.45) is 6.83. The average molecular weight is 269 g/mol. The van der Waals surface area contributed by atoms with Gasteiger partial charge >= 0.3 is 6.09 Å². The lowest BCUT2D eigenvalue weighted by molar-refractivity contribution is 0.00434. The zero-order chi connectivity index (χ0) is 14.1. The number of hydrogen-bond donors (Lipinski definition) is 1. The van der Waals surface area contributed by atoms with Gasteiger partial charge in [-0.3, -0.25) is 4.90 Å². The molecule has 1 aliphatic carbocycles. The third-order valence-electron chi connectivity index (χ3n) is 4.23. The fraction of sp³-hybridized carbons (Fsp3) is 0.933. The van der Waals surface area contributed by atoms with Gasteiger partial charge in [0, 0.05) is 5.54 Å².